The summed E-state index contributed by atoms with van der Waals surface area (Å²) in [6, 6.07) is 18.6. The highest BCUT2D eigenvalue weighted by atomic mass is 32.2. The van der Waals surface area contributed by atoms with Gasteiger partial charge in [-0.25, -0.2) is 8.42 Å². The van der Waals surface area contributed by atoms with Gasteiger partial charge in [0.25, 0.3) is 10.0 Å². The average molecular weight is 348 g/mol. The number of nitrogens with zero attached hydrogens (tertiary/aromatic N) is 1. The number of anilines is 2. The van der Waals surface area contributed by atoms with Crippen molar-refractivity contribution in [2.75, 3.05) is 22.7 Å². The molecule has 0 saturated carbocycles. The van der Waals surface area contributed by atoms with Gasteiger partial charge in [0.2, 0.25) is 0 Å². The first kappa shape index (κ1) is 15.6. The van der Waals surface area contributed by atoms with Gasteiger partial charge in [-0.15, -0.1) is 6.42 Å². The number of hydrogen-bond acceptors (Lipinski definition) is 3. The third-order valence-corrected chi connectivity index (χ3v) is 6.21. The molecule has 1 heterocycles. The molecular formula is C20H16N2O2S. The molecule has 3 aromatic rings. The molecular weight excluding hydrogens is 332 g/mol. The fourth-order valence-electron chi connectivity index (χ4n) is 3.22. The lowest BCUT2D eigenvalue weighted by Crippen LogP contribution is -2.32. The lowest BCUT2D eigenvalue weighted by molar-refractivity contribution is 0.594. The molecule has 1 N–H and O–H groups in total. The summed E-state index contributed by atoms with van der Waals surface area (Å²) in [5, 5.41) is 4.99. The van der Waals surface area contributed by atoms with E-state index in [1.165, 1.54) is 4.31 Å². The second kappa shape index (κ2) is 5.83. The number of terminal acetylenes is 1. The third kappa shape index (κ3) is 2.51. The molecule has 5 heteroatoms. The lowest BCUT2D eigenvalue weighted by Gasteiger charge is -2.19. The normalized spacial score (nSPS) is 14.4. The highest BCUT2D eigenvalue weighted by molar-refractivity contribution is 7.93. The topological polar surface area (TPSA) is 49.4 Å². The Bertz CT molecular complexity index is 1110. The Balaban J connectivity index is 1.60. The first-order valence-electron chi connectivity index (χ1n) is 7.96. The van der Waals surface area contributed by atoms with E-state index in [2.05, 4.69) is 11.2 Å². The predicted molar refractivity (Wildman–Crippen MR) is 101 cm³/mol. The minimum Gasteiger partial charge on any atom is -0.383 e. The number of rotatable bonds is 4. The summed E-state index contributed by atoms with van der Waals surface area (Å²) in [5.41, 5.74) is 2.41. The molecule has 0 unspecified atom stereocenters. The fraction of sp³-hybridized carbons (Fsp3) is 0.100. The lowest BCUT2D eigenvalue weighted by atomic mass is 10.1. The van der Waals surface area contributed by atoms with Crippen molar-refractivity contribution in [2.45, 2.75) is 4.90 Å². The Morgan fingerprint density at radius 2 is 1.80 bits per heavy atom. The summed E-state index contributed by atoms with van der Waals surface area (Å²) in [6.07, 6.45) is 5.41. The zero-order chi connectivity index (χ0) is 17.4. The highest BCUT2D eigenvalue weighted by Gasteiger charge is 2.34. The van der Waals surface area contributed by atoms with Crippen molar-refractivity contribution in [1.29, 1.82) is 0 Å². The Labute approximate surface area is 147 Å². The average Bonchev–Trinajstić information content (AvgIpc) is 2.85. The van der Waals surface area contributed by atoms with E-state index in [9.17, 15) is 8.42 Å². The minimum absolute atomic E-state index is 0.344. The summed E-state index contributed by atoms with van der Waals surface area (Å²) in [7, 11) is -3.50. The quantitative estimate of drug-likeness (QED) is 0.735. The standard InChI is InChI=1S/C20H16N2O2S/c1-2-15-6-3-9-17(14-15)21-12-13-22-18-10-4-7-16-8-5-11-19(20(16)18)25(22,23)24/h1,3-11,14,21H,12-13H2. The van der Waals surface area contributed by atoms with E-state index in [1.54, 1.807) is 12.1 Å². The van der Waals surface area contributed by atoms with Crippen molar-refractivity contribution in [3.63, 3.8) is 0 Å². The Morgan fingerprint density at radius 1 is 1.04 bits per heavy atom. The SMILES string of the molecule is C#Cc1cccc(NCCN2c3cccc4cccc(c34)S2(=O)=O)c1. The monoisotopic (exact) mass is 348 g/mol. The summed E-state index contributed by atoms with van der Waals surface area (Å²) in [5.74, 6) is 2.59. The van der Waals surface area contributed by atoms with Gasteiger partial charge in [0.1, 0.15) is 0 Å². The van der Waals surface area contributed by atoms with E-state index in [-0.39, 0.29) is 0 Å². The van der Waals surface area contributed by atoms with Crippen molar-refractivity contribution in [2.24, 2.45) is 0 Å². The van der Waals surface area contributed by atoms with E-state index in [0.29, 0.717) is 18.0 Å². The molecule has 0 bridgehead atoms. The van der Waals surface area contributed by atoms with Gasteiger partial charge < -0.3 is 5.32 Å². The molecule has 0 aliphatic carbocycles. The zero-order valence-electron chi connectivity index (χ0n) is 13.4. The molecule has 4 rings (SSSR count). The van der Waals surface area contributed by atoms with Crippen LogP contribution in [-0.4, -0.2) is 21.5 Å². The maximum Gasteiger partial charge on any atom is 0.265 e. The van der Waals surface area contributed by atoms with E-state index < -0.39 is 10.0 Å². The molecule has 3 aromatic carbocycles. The molecule has 4 nitrogen and oxygen atoms in total. The molecule has 124 valence electrons. The second-order valence-corrected chi connectivity index (χ2v) is 7.69. The van der Waals surface area contributed by atoms with Gasteiger partial charge in [0.05, 0.1) is 17.1 Å². The number of hydrogen-bond donors (Lipinski definition) is 1. The number of benzene rings is 3. The van der Waals surface area contributed by atoms with Crippen LogP contribution in [0.3, 0.4) is 0 Å². The summed E-state index contributed by atoms with van der Waals surface area (Å²) < 4.78 is 27.2. The van der Waals surface area contributed by atoms with Crippen molar-refractivity contribution < 1.29 is 8.42 Å². The first-order valence-corrected chi connectivity index (χ1v) is 9.40. The van der Waals surface area contributed by atoms with Crippen LogP contribution in [0.1, 0.15) is 5.56 Å². The molecule has 0 atom stereocenters. The molecule has 0 amide bonds. The van der Waals surface area contributed by atoms with Crippen LogP contribution in [-0.2, 0) is 10.0 Å². The van der Waals surface area contributed by atoms with E-state index in [4.69, 9.17) is 6.42 Å². The van der Waals surface area contributed by atoms with Gasteiger partial charge in [-0.1, -0.05) is 36.3 Å². The number of nitrogens with one attached hydrogen (secondary N) is 1. The van der Waals surface area contributed by atoms with Crippen LogP contribution in [0.15, 0.2) is 65.6 Å². The van der Waals surface area contributed by atoms with Crippen LogP contribution in [0, 0.1) is 12.3 Å². The predicted octanol–water partition coefficient (Wildman–Crippen LogP) is 3.44. The van der Waals surface area contributed by atoms with Gasteiger partial charge in [-0.05, 0) is 35.7 Å². The summed E-state index contributed by atoms with van der Waals surface area (Å²) in [4.78, 5) is 0.384. The van der Waals surface area contributed by atoms with E-state index in [1.807, 2.05) is 48.5 Å². The smallest absolute Gasteiger partial charge is 0.265 e. The van der Waals surface area contributed by atoms with Crippen molar-refractivity contribution in [3.8, 4) is 12.3 Å². The molecule has 0 saturated heterocycles. The van der Waals surface area contributed by atoms with Crippen molar-refractivity contribution in [3.05, 3.63) is 66.2 Å². The summed E-state index contributed by atoms with van der Waals surface area (Å²) in [6.45, 7) is 0.827. The highest BCUT2D eigenvalue weighted by Crippen LogP contribution is 2.41. The number of sulfonamides is 1. The van der Waals surface area contributed by atoms with Crippen LogP contribution in [0.2, 0.25) is 0 Å². The maximum absolute atomic E-state index is 12.9. The molecule has 1 aliphatic heterocycles. The second-order valence-electron chi connectivity index (χ2n) is 5.86. The van der Waals surface area contributed by atoms with Crippen LogP contribution in [0.5, 0.6) is 0 Å². The van der Waals surface area contributed by atoms with Crippen molar-refractivity contribution >= 4 is 32.2 Å². The van der Waals surface area contributed by atoms with E-state index in [0.717, 1.165) is 27.7 Å². The Morgan fingerprint density at radius 3 is 2.60 bits per heavy atom. The van der Waals surface area contributed by atoms with E-state index >= 15 is 0 Å². The molecule has 0 fully saturated rings. The molecule has 0 radical (unpaired) electrons. The van der Waals surface area contributed by atoms with Crippen LogP contribution < -0.4 is 9.62 Å². The fourth-order valence-corrected chi connectivity index (χ4v) is 4.93. The Kier molecular flexibility index (Phi) is 3.63. The maximum atomic E-state index is 12.9. The van der Waals surface area contributed by atoms with Gasteiger partial charge in [0.15, 0.2) is 0 Å². The first-order chi connectivity index (χ1) is 12.1. The molecule has 0 spiro atoms. The zero-order valence-corrected chi connectivity index (χ0v) is 14.3. The summed E-state index contributed by atoms with van der Waals surface area (Å²) >= 11 is 0. The molecule has 1 aliphatic rings. The van der Waals surface area contributed by atoms with Crippen LogP contribution in [0.25, 0.3) is 10.8 Å². The van der Waals surface area contributed by atoms with Crippen molar-refractivity contribution in [1.82, 2.24) is 0 Å². The van der Waals surface area contributed by atoms with Gasteiger partial charge in [-0.2, -0.15) is 0 Å². The van der Waals surface area contributed by atoms with Gasteiger partial charge in [0, 0.05) is 23.2 Å². The van der Waals surface area contributed by atoms with Gasteiger partial charge >= 0.3 is 0 Å². The van der Waals surface area contributed by atoms with Crippen LogP contribution >= 0.6 is 0 Å². The molecule has 0 aromatic heterocycles. The minimum atomic E-state index is -3.50. The Hall–Kier alpha value is -2.97. The largest absolute Gasteiger partial charge is 0.383 e. The molecule has 25 heavy (non-hydrogen) atoms. The third-order valence-electron chi connectivity index (χ3n) is 4.35. The van der Waals surface area contributed by atoms with Crippen LogP contribution in [0.4, 0.5) is 11.4 Å². The van der Waals surface area contributed by atoms with Gasteiger partial charge in [-0.3, -0.25) is 4.31 Å².